The minimum atomic E-state index is -0.105. The summed E-state index contributed by atoms with van der Waals surface area (Å²) in [4.78, 5) is 20.1. The van der Waals surface area contributed by atoms with E-state index in [1.807, 2.05) is 20.0 Å². The number of aromatic amines is 1. The second-order valence-corrected chi connectivity index (χ2v) is 6.05. The van der Waals surface area contributed by atoms with E-state index in [2.05, 4.69) is 24.8 Å². The first-order valence-electron chi connectivity index (χ1n) is 7.67. The number of nitrogens with zero attached hydrogens (tertiary/aromatic N) is 5. The molecule has 4 rings (SSSR count). The highest BCUT2D eigenvalue weighted by molar-refractivity contribution is 5.67. The number of rotatable bonds is 2. The average molecular weight is 298 g/mol. The topological polar surface area (TPSA) is 80.9 Å². The number of hydrogen-bond acceptors (Lipinski definition) is 4. The van der Waals surface area contributed by atoms with Crippen LogP contribution in [0.5, 0.6) is 0 Å². The Kier molecular flexibility index (Phi) is 2.88. The third kappa shape index (κ3) is 1.81. The van der Waals surface area contributed by atoms with Crippen LogP contribution in [0.2, 0.25) is 0 Å². The molecule has 0 radical (unpaired) electrons. The molecule has 4 heterocycles. The molecular weight excluding hydrogens is 280 g/mol. The van der Waals surface area contributed by atoms with Gasteiger partial charge in [-0.2, -0.15) is 19.7 Å². The number of fused-ring (bicyclic) bond motifs is 2. The van der Waals surface area contributed by atoms with Gasteiger partial charge in [0.25, 0.3) is 5.56 Å². The number of hydrogen-bond donors (Lipinski definition) is 1. The van der Waals surface area contributed by atoms with Gasteiger partial charge in [0.15, 0.2) is 0 Å². The maximum absolute atomic E-state index is 12.7. The Balaban J connectivity index is 2.03. The zero-order chi connectivity index (χ0) is 15.3. The smallest absolute Gasteiger partial charge is 0.279 e. The van der Waals surface area contributed by atoms with Crippen molar-refractivity contribution in [1.29, 1.82) is 0 Å². The van der Waals surface area contributed by atoms with Crippen LogP contribution in [-0.4, -0.2) is 29.4 Å². The summed E-state index contributed by atoms with van der Waals surface area (Å²) in [6.07, 6.45) is 6.57. The first kappa shape index (κ1) is 13.2. The molecule has 22 heavy (non-hydrogen) atoms. The number of H-pyrrole nitrogens is 1. The second kappa shape index (κ2) is 4.79. The van der Waals surface area contributed by atoms with E-state index in [0.717, 1.165) is 42.6 Å². The molecule has 0 fully saturated rings. The van der Waals surface area contributed by atoms with Crippen LogP contribution in [0.4, 0.5) is 0 Å². The van der Waals surface area contributed by atoms with Crippen molar-refractivity contribution in [3.8, 4) is 11.3 Å². The van der Waals surface area contributed by atoms with E-state index in [1.54, 1.807) is 0 Å². The second-order valence-electron chi connectivity index (χ2n) is 6.05. The Labute approximate surface area is 127 Å². The van der Waals surface area contributed by atoms with Crippen LogP contribution in [0.3, 0.4) is 0 Å². The lowest BCUT2D eigenvalue weighted by Crippen LogP contribution is -2.23. The summed E-state index contributed by atoms with van der Waals surface area (Å²) in [5, 5.41) is 8.49. The van der Waals surface area contributed by atoms with Gasteiger partial charge in [-0.25, -0.2) is 0 Å². The Hall–Kier alpha value is -2.44. The normalized spacial score (nSPS) is 14.7. The van der Waals surface area contributed by atoms with Crippen LogP contribution >= 0.6 is 0 Å². The number of aryl methyl sites for hydroxylation is 1. The fraction of sp³-hybridized carbons (Fsp3) is 0.467. The molecule has 1 aliphatic heterocycles. The summed E-state index contributed by atoms with van der Waals surface area (Å²) in [7, 11) is 0. The lowest BCUT2D eigenvalue weighted by Gasteiger charge is -2.17. The molecule has 7 heteroatoms. The van der Waals surface area contributed by atoms with Crippen LogP contribution in [-0.2, 0) is 13.0 Å². The molecule has 0 amide bonds. The Morgan fingerprint density at radius 1 is 1.27 bits per heavy atom. The van der Waals surface area contributed by atoms with Crippen LogP contribution < -0.4 is 5.56 Å². The van der Waals surface area contributed by atoms with E-state index in [1.165, 1.54) is 16.5 Å². The number of aromatic nitrogens is 6. The Bertz CT molecular complexity index is 901. The van der Waals surface area contributed by atoms with Gasteiger partial charge >= 0.3 is 0 Å². The van der Waals surface area contributed by atoms with Gasteiger partial charge in [-0.3, -0.25) is 9.48 Å². The summed E-state index contributed by atoms with van der Waals surface area (Å²) in [5.74, 6) is 0.562. The quantitative estimate of drug-likeness (QED) is 0.781. The van der Waals surface area contributed by atoms with E-state index in [4.69, 9.17) is 0 Å². The first-order chi connectivity index (χ1) is 10.7. The highest BCUT2D eigenvalue weighted by Gasteiger charge is 2.23. The summed E-state index contributed by atoms with van der Waals surface area (Å²) < 4.78 is 3.38. The first-order valence-corrected chi connectivity index (χ1v) is 7.67. The highest BCUT2D eigenvalue weighted by Crippen LogP contribution is 2.30. The van der Waals surface area contributed by atoms with E-state index in [0.29, 0.717) is 5.78 Å². The lowest BCUT2D eigenvalue weighted by atomic mass is 9.96. The SMILES string of the molecule is CC(C)c1c(-c2cnn3c2CCCC3)[nH]c2ncnn2c1=O. The van der Waals surface area contributed by atoms with E-state index in [-0.39, 0.29) is 11.5 Å². The maximum atomic E-state index is 12.7. The predicted molar refractivity (Wildman–Crippen MR) is 81.9 cm³/mol. The fourth-order valence-electron chi connectivity index (χ4n) is 3.25. The molecule has 1 aliphatic rings. The van der Waals surface area contributed by atoms with Gasteiger partial charge in [0.05, 0.1) is 11.9 Å². The van der Waals surface area contributed by atoms with Crippen molar-refractivity contribution in [1.82, 2.24) is 29.4 Å². The molecular formula is C15H18N6O. The Morgan fingerprint density at radius 2 is 2.14 bits per heavy atom. The van der Waals surface area contributed by atoms with Crippen LogP contribution in [0, 0.1) is 0 Å². The molecule has 0 saturated heterocycles. The summed E-state index contributed by atoms with van der Waals surface area (Å²) in [6.45, 7) is 4.99. The van der Waals surface area contributed by atoms with Crippen molar-refractivity contribution in [2.45, 2.75) is 45.6 Å². The molecule has 7 nitrogen and oxygen atoms in total. The van der Waals surface area contributed by atoms with Crippen molar-refractivity contribution in [2.75, 3.05) is 0 Å². The maximum Gasteiger partial charge on any atom is 0.279 e. The van der Waals surface area contributed by atoms with Gasteiger partial charge < -0.3 is 4.98 Å². The van der Waals surface area contributed by atoms with Gasteiger partial charge in [0.1, 0.15) is 6.33 Å². The van der Waals surface area contributed by atoms with Gasteiger partial charge in [-0.1, -0.05) is 13.8 Å². The van der Waals surface area contributed by atoms with Crippen molar-refractivity contribution in [3.63, 3.8) is 0 Å². The minimum absolute atomic E-state index is 0.0893. The molecule has 0 aromatic carbocycles. The van der Waals surface area contributed by atoms with E-state index >= 15 is 0 Å². The molecule has 0 bridgehead atoms. The van der Waals surface area contributed by atoms with Crippen molar-refractivity contribution >= 4 is 5.78 Å². The average Bonchev–Trinajstić information content (AvgIpc) is 3.12. The van der Waals surface area contributed by atoms with Crippen LogP contribution in [0.1, 0.15) is 43.9 Å². The van der Waals surface area contributed by atoms with Gasteiger partial charge in [0.2, 0.25) is 5.78 Å². The molecule has 0 unspecified atom stereocenters. The summed E-state index contributed by atoms with van der Waals surface area (Å²) >= 11 is 0. The van der Waals surface area contributed by atoms with E-state index < -0.39 is 0 Å². The molecule has 3 aromatic rings. The molecule has 114 valence electrons. The summed E-state index contributed by atoms with van der Waals surface area (Å²) in [6, 6.07) is 0. The van der Waals surface area contributed by atoms with E-state index in [9.17, 15) is 4.79 Å². The molecule has 0 aliphatic carbocycles. The zero-order valence-corrected chi connectivity index (χ0v) is 12.7. The van der Waals surface area contributed by atoms with Gasteiger partial charge in [0, 0.05) is 23.4 Å². The molecule has 1 N–H and O–H groups in total. The minimum Gasteiger partial charge on any atom is -0.323 e. The van der Waals surface area contributed by atoms with Crippen molar-refractivity contribution in [2.24, 2.45) is 0 Å². The third-order valence-electron chi connectivity index (χ3n) is 4.31. The molecule has 0 spiro atoms. The van der Waals surface area contributed by atoms with Gasteiger partial charge in [-0.15, -0.1) is 0 Å². The fourth-order valence-corrected chi connectivity index (χ4v) is 3.25. The van der Waals surface area contributed by atoms with Crippen LogP contribution in [0.25, 0.3) is 17.0 Å². The standard InChI is InChI=1S/C15H18N6O/c1-9(2)12-13(19-15-16-8-18-21(15)14(12)22)10-7-17-20-6-4-3-5-11(10)20/h7-9H,3-6H2,1-2H3,(H,16,18,19). The third-order valence-corrected chi connectivity index (χ3v) is 4.31. The van der Waals surface area contributed by atoms with Gasteiger partial charge in [-0.05, 0) is 25.2 Å². The largest absolute Gasteiger partial charge is 0.323 e. The van der Waals surface area contributed by atoms with Crippen LogP contribution in [0.15, 0.2) is 17.3 Å². The molecule has 0 saturated carbocycles. The summed E-state index contributed by atoms with van der Waals surface area (Å²) in [5.41, 5.74) is 3.69. The van der Waals surface area contributed by atoms with Crippen molar-refractivity contribution in [3.05, 3.63) is 34.1 Å². The Morgan fingerprint density at radius 3 is 2.95 bits per heavy atom. The number of nitrogens with one attached hydrogen (secondary N) is 1. The molecule has 3 aromatic heterocycles. The highest BCUT2D eigenvalue weighted by atomic mass is 16.1. The lowest BCUT2D eigenvalue weighted by molar-refractivity contribution is 0.487. The zero-order valence-electron chi connectivity index (χ0n) is 12.7. The monoisotopic (exact) mass is 298 g/mol. The van der Waals surface area contributed by atoms with Crippen molar-refractivity contribution < 1.29 is 0 Å². The predicted octanol–water partition coefficient (Wildman–Crippen LogP) is 1.74. The molecule has 0 atom stereocenters.